The standard InChI is InChI=1S/C18H25N5O3/c1-11-6-17(2,3)10-18(7-11)15(25)23(16(26)22-18)9-14(24)21-12-4-5-13(19)20-8-12/h4-5,8,11H,6-7,9-10H2,1-3H3,(H2,19,20)(H,21,24)(H,22,26). The van der Waals surface area contributed by atoms with Gasteiger partial charge in [0.1, 0.15) is 17.9 Å². The molecule has 1 aliphatic heterocycles. The van der Waals surface area contributed by atoms with Crippen LogP contribution in [0.3, 0.4) is 0 Å². The average molecular weight is 359 g/mol. The van der Waals surface area contributed by atoms with Crippen molar-refractivity contribution in [2.45, 2.75) is 45.6 Å². The first kappa shape index (κ1) is 18.2. The second-order valence-electron chi connectivity index (χ2n) is 8.28. The van der Waals surface area contributed by atoms with E-state index in [1.165, 1.54) is 6.20 Å². The molecule has 140 valence electrons. The SMILES string of the molecule is CC1CC(C)(C)CC2(C1)NC(=O)N(CC(=O)Nc1ccc(N)nc1)C2=O. The van der Waals surface area contributed by atoms with Crippen molar-refractivity contribution in [1.29, 1.82) is 0 Å². The molecule has 3 rings (SSSR count). The fourth-order valence-electron chi connectivity index (χ4n) is 4.47. The van der Waals surface area contributed by atoms with Crippen LogP contribution in [0.5, 0.6) is 0 Å². The molecule has 0 radical (unpaired) electrons. The van der Waals surface area contributed by atoms with Crippen LogP contribution in [0, 0.1) is 11.3 Å². The van der Waals surface area contributed by atoms with E-state index in [0.29, 0.717) is 30.3 Å². The Balaban J connectivity index is 1.71. The monoisotopic (exact) mass is 359 g/mol. The van der Waals surface area contributed by atoms with Crippen molar-refractivity contribution in [3.05, 3.63) is 18.3 Å². The molecule has 8 nitrogen and oxygen atoms in total. The first-order valence-electron chi connectivity index (χ1n) is 8.76. The summed E-state index contributed by atoms with van der Waals surface area (Å²) in [6, 6.07) is 2.66. The maximum absolute atomic E-state index is 13.0. The summed E-state index contributed by atoms with van der Waals surface area (Å²) in [7, 11) is 0. The lowest BCUT2D eigenvalue weighted by atomic mass is 9.64. The summed E-state index contributed by atoms with van der Waals surface area (Å²) in [6.07, 6.45) is 3.60. The van der Waals surface area contributed by atoms with Crippen LogP contribution in [0.25, 0.3) is 0 Å². The zero-order chi connectivity index (χ0) is 19.1. The Morgan fingerprint density at radius 3 is 2.73 bits per heavy atom. The number of pyridine rings is 1. The smallest absolute Gasteiger partial charge is 0.325 e. The second kappa shape index (κ2) is 6.26. The molecular weight excluding hydrogens is 334 g/mol. The maximum Gasteiger partial charge on any atom is 0.325 e. The average Bonchev–Trinajstić information content (AvgIpc) is 2.71. The summed E-state index contributed by atoms with van der Waals surface area (Å²) in [5, 5.41) is 5.48. The highest BCUT2D eigenvalue weighted by Crippen LogP contribution is 2.46. The van der Waals surface area contributed by atoms with E-state index in [2.05, 4.69) is 36.4 Å². The highest BCUT2D eigenvalue weighted by Gasteiger charge is 2.56. The van der Waals surface area contributed by atoms with Crippen LogP contribution in [-0.4, -0.2) is 39.8 Å². The molecule has 1 aliphatic carbocycles. The van der Waals surface area contributed by atoms with E-state index in [1.807, 2.05) is 0 Å². The molecule has 26 heavy (non-hydrogen) atoms. The molecule has 0 bridgehead atoms. The van der Waals surface area contributed by atoms with Gasteiger partial charge in [-0.05, 0) is 42.7 Å². The van der Waals surface area contributed by atoms with Gasteiger partial charge in [0, 0.05) is 0 Å². The van der Waals surface area contributed by atoms with E-state index in [9.17, 15) is 14.4 Å². The lowest BCUT2D eigenvalue weighted by molar-refractivity contribution is -0.136. The molecule has 4 amide bonds. The van der Waals surface area contributed by atoms with Crippen molar-refractivity contribution in [2.75, 3.05) is 17.6 Å². The Morgan fingerprint density at radius 1 is 1.38 bits per heavy atom. The van der Waals surface area contributed by atoms with Crippen LogP contribution in [0.4, 0.5) is 16.3 Å². The van der Waals surface area contributed by atoms with E-state index in [1.54, 1.807) is 12.1 Å². The lowest BCUT2D eigenvalue weighted by Gasteiger charge is -2.43. The normalized spacial score (nSPS) is 27.5. The number of imide groups is 1. The number of nitrogens with zero attached hydrogens (tertiary/aromatic N) is 2. The maximum atomic E-state index is 13.0. The molecule has 1 aromatic heterocycles. The van der Waals surface area contributed by atoms with E-state index in [-0.39, 0.29) is 17.9 Å². The minimum atomic E-state index is -0.902. The van der Waals surface area contributed by atoms with Crippen LogP contribution in [0.2, 0.25) is 0 Å². The zero-order valence-corrected chi connectivity index (χ0v) is 15.3. The van der Waals surface area contributed by atoms with Crippen molar-refractivity contribution in [2.24, 2.45) is 11.3 Å². The van der Waals surface area contributed by atoms with E-state index >= 15 is 0 Å². The van der Waals surface area contributed by atoms with E-state index < -0.39 is 17.5 Å². The minimum absolute atomic E-state index is 0.0471. The molecule has 1 saturated carbocycles. The number of hydrogen-bond donors (Lipinski definition) is 3. The molecule has 2 aliphatic rings. The third-order valence-corrected chi connectivity index (χ3v) is 5.00. The molecule has 2 atom stereocenters. The van der Waals surface area contributed by atoms with Gasteiger partial charge in [0.05, 0.1) is 11.9 Å². The Hall–Kier alpha value is -2.64. The van der Waals surface area contributed by atoms with Crippen molar-refractivity contribution < 1.29 is 14.4 Å². The molecule has 2 heterocycles. The Kier molecular flexibility index (Phi) is 4.37. The van der Waals surface area contributed by atoms with Gasteiger partial charge in [-0.25, -0.2) is 9.78 Å². The van der Waals surface area contributed by atoms with Gasteiger partial charge in [0.2, 0.25) is 5.91 Å². The van der Waals surface area contributed by atoms with Gasteiger partial charge < -0.3 is 16.4 Å². The highest BCUT2D eigenvalue weighted by atomic mass is 16.2. The molecule has 4 N–H and O–H groups in total. The quantitative estimate of drug-likeness (QED) is 0.711. The van der Waals surface area contributed by atoms with Gasteiger partial charge in [0.15, 0.2) is 0 Å². The Labute approximate surface area is 152 Å². The van der Waals surface area contributed by atoms with E-state index in [0.717, 1.165) is 11.3 Å². The first-order valence-corrected chi connectivity index (χ1v) is 8.76. The number of rotatable bonds is 3. The number of nitrogens with one attached hydrogen (secondary N) is 2. The number of amides is 4. The fraction of sp³-hybridized carbons (Fsp3) is 0.556. The Bertz CT molecular complexity index is 746. The van der Waals surface area contributed by atoms with Crippen LogP contribution in [-0.2, 0) is 9.59 Å². The van der Waals surface area contributed by atoms with Crippen molar-refractivity contribution >= 4 is 29.4 Å². The number of anilines is 2. The molecule has 1 spiro atoms. The van der Waals surface area contributed by atoms with Gasteiger partial charge in [-0.3, -0.25) is 14.5 Å². The topological polar surface area (TPSA) is 117 Å². The van der Waals surface area contributed by atoms with Crippen molar-refractivity contribution in [1.82, 2.24) is 15.2 Å². The number of nitrogen functional groups attached to an aromatic ring is 1. The predicted molar refractivity (Wildman–Crippen MR) is 97.1 cm³/mol. The molecular formula is C18H25N5O3. The molecule has 1 aromatic rings. The minimum Gasteiger partial charge on any atom is -0.384 e. The molecule has 1 saturated heterocycles. The third kappa shape index (κ3) is 3.49. The van der Waals surface area contributed by atoms with E-state index in [4.69, 9.17) is 5.73 Å². The fourth-order valence-corrected chi connectivity index (χ4v) is 4.47. The summed E-state index contributed by atoms with van der Waals surface area (Å²) < 4.78 is 0. The van der Waals surface area contributed by atoms with Crippen molar-refractivity contribution in [3.63, 3.8) is 0 Å². The van der Waals surface area contributed by atoms with Crippen LogP contribution in [0.1, 0.15) is 40.0 Å². The number of urea groups is 1. The lowest BCUT2D eigenvalue weighted by Crippen LogP contribution is -2.54. The summed E-state index contributed by atoms with van der Waals surface area (Å²) in [6.45, 7) is 5.97. The number of nitrogens with two attached hydrogens (primary N) is 1. The number of aromatic nitrogens is 1. The van der Waals surface area contributed by atoms with Gasteiger partial charge in [-0.15, -0.1) is 0 Å². The summed E-state index contributed by atoms with van der Waals surface area (Å²) >= 11 is 0. The van der Waals surface area contributed by atoms with Gasteiger partial charge in [-0.1, -0.05) is 20.8 Å². The van der Waals surface area contributed by atoms with Gasteiger partial charge in [0.25, 0.3) is 5.91 Å². The zero-order valence-electron chi connectivity index (χ0n) is 15.3. The molecule has 2 fully saturated rings. The number of carbonyl (C=O) groups excluding carboxylic acids is 3. The molecule has 8 heteroatoms. The predicted octanol–water partition coefficient (Wildman–Crippen LogP) is 1.74. The number of carbonyl (C=O) groups is 3. The highest BCUT2D eigenvalue weighted by molar-refractivity contribution is 6.10. The number of hydrogen-bond acceptors (Lipinski definition) is 5. The largest absolute Gasteiger partial charge is 0.384 e. The molecule has 2 unspecified atom stereocenters. The van der Waals surface area contributed by atoms with Crippen LogP contribution < -0.4 is 16.4 Å². The van der Waals surface area contributed by atoms with Crippen LogP contribution >= 0.6 is 0 Å². The summed E-state index contributed by atoms with van der Waals surface area (Å²) in [4.78, 5) is 42.5. The van der Waals surface area contributed by atoms with Gasteiger partial charge >= 0.3 is 6.03 Å². The van der Waals surface area contributed by atoms with Crippen LogP contribution in [0.15, 0.2) is 18.3 Å². The third-order valence-electron chi connectivity index (χ3n) is 5.00. The first-order chi connectivity index (χ1) is 12.1. The summed E-state index contributed by atoms with van der Waals surface area (Å²) in [5.41, 5.74) is 5.02. The second-order valence-corrected chi connectivity index (χ2v) is 8.28. The van der Waals surface area contributed by atoms with Gasteiger partial charge in [-0.2, -0.15) is 0 Å². The Morgan fingerprint density at radius 2 is 2.12 bits per heavy atom. The van der Waals surface area contributed by atoms with Crippen molar-refractivity contribution in [3.8, 4) is 0 Å². The molecule has 0 aromatic carbocycles. The summed E-state index contributed by atoms with van der Waals surface area (Å²) in [5.74, 6) is -0.112.